The van der Waals surface area contributed by atoms with Crippen LogP contribution in [-0.4, -0.2) is 22.7 Å². The number of benzene rings is 2. The molecule has 0 atom stereocenters. The Morgan fingerprint density at radius 2 is 2.04 bits per heavy atom. The summed E-state index contributed by atoms with van der Waals surface area (Å²) < 4.78 is 19.1. The Labute approximate surface area is 168 Å². The van der Waals surface area contributed by atoms with Crippen molar-refractivity contribution >= 4 is 50.5 Å². The summed E-state index contributed by atoms with van der Waals surface area (Å²) in [5, 5.41) is 10.9. The maximum absolute atomic E-state index is 13.1. The van der Waals surface area contributed by atoms with Gasteiger partial charge in [0, 0.05) is 4.47 Å². The molecule has 1 heterocycles. The van der Waals surface area contributed by atoms with E-state index in [1.807, 2.05) is 24.3 Å². The van der Waals surface area contributed by atoms with Gasteiger partial charge in [-0.1, -0.05) is 39.8 Å². The third-order valence-electron chi connectivity index (χ3n) is 3.57. The smallest absolute Gasteiger partial charge is 0.344 e. The van der Waals surface area contributed by atoms with Crippen LogP contribution in [0.4, 0.5) is 10.1 Å². The molecule has 0 radical (unpaired) electrons. The number of nitrogens with zero attached hydrogens (tertiary/aromatic N) is 1. The molecule has 0 saturated heterocycles. The van der Waals surface area contributed by atoms with Gasteiger partial charge in [0.05, 0.1) is 17.2 Å². The summed E-state index contributed by atoms with van der Waals surface area (Å²) in [4.78, 5) is 17.2. The molecule has 3 rings (SSSR count). The van der Waals surface area contributed by atoms with Gasteiger partial charge in [0.15, 0.2) is 0 Å². The Balaban J connectivity index is 2.03. The second-order valence-electron chi connectivity index (χ2n) is 5.50. The molecule has 7 heteroatoms. The van der Waals surface area contributed by atoms with Crippen molar-refractivity contribution in [2.24, 2.45) is 4.99 Å². The predicted octanol–water partition coefficient (Wildman–Crippen LogP) is 5.78. The summed E-state index contributed by atoms with van der Waals surface area (Å²) >= 11 is 4.56. The number of hydrogen-bond donors (Lipinski definition) is 1. The molecule has 2 aromatic rings. The zero-order chi connectivity index (χ0) is 19.4. The fraction of sp³-hybridized carbons (Fsp3) is 0.100. The Morgan fingerprint density at radius 3 is 2.70 bits per heavy atom. The summed E-state index contributed by atoms with van der Waals surface area (Å²) in [6, 6.07) is 13.1. The Morgan fingerprint density at radius 1 is 1.30 bits per heavy atom. The topological polar surface area (TPSA) is 58.9 Å². The number of ether oxygens (including phenoxy) is 1. The Kier molecular flexibility index (Phi) is 6.13. The van der Waals surface area contributed by atoms with Gasteiger partial charge in [0.1, 0.15) is 22.2 Å². The molecule has 0 spiro atoms. The first-order chi connectivity index (χ1) is 13.0. The molecule has 0 aliphatic carbocycles. The lowest BCUT2D eigenvalue weighted by molar-refractivity contribution is -0.138. The molecule has 0 unspecified atom stereocenters. The Hall–Kier alpha value is -2.38. The number of aliphatic imine (C=N–C) groups is 1. The second-order valence-corrected chi connectivity index (χ2v) is 7.45. The van der Waals surface area contributed by atoms with E-state index in [4.69, 9.17) is 4.74 Å². The van der Waals surface area contributed by atoms with Crippen molar-refractivity contribution in [1.29, 1.82) is 0 Å². The molecule has 2 aromatic carbocycles. The minimum atomic E-state index is -0.652. The van der Waals surface area contributed by atoms with E-state index in [9.17, 15) is 14.3 Å². The quantitative estimate of drug-likeness (QED) is 0.603. The van der Waals surface area contributed by atoms with E-state index in [-0.39, 0.29) is 23.8 Å². The SMILES string of the molecule is CCOC(=O)C1=C(O)/C(=C/c2cccc(Br)c2)SC1=Nc1ccc(F)cc1. The van der Waals surface area contributed by atoms with Crippen LogP contribution in [0.2, 0.25) is 0 Å². The van der Waals surface area contributed by atoms with Crippen molar-refractivity contribution in [3.8, 4) is 0 Å². The maximum atomic E-state index is 13.1. The summed E-state index contributed by atoms with van der Waals surface area (Å²) in [7, 11) is 0. The van der Waals surface area contributed by atoms with Crippen molar-refractivity contribution in [3.63, 3.8) is 0 Å². The highest BCUT2D eigenvalue weighted by atomic mass is 79.9. The monoisotopic (exact) mass is 447 g/mol. The van der Waals surface area contributed by atoms with E-state index in [1.165, 1.54) is 24.3 Å². The van der Waals surface area contributed by atoms with Crippen LogP contribution in [0.25, 0.3) is 6.08 Å². The van der Waals surface area contributed by atoms with Crippen LogP contribution in [0.15, 0.2) is 74.2 Å². The summed E-state index contributed by atoms with van der Waals surface area (Å²) in [5.41, 5.74) is 1.33. The summed E-state index contributed by atoms with van der Waals surface area (Å²) in [5.74, 6) is -1.21. The van der Waals surface area contributed by atoms with Crippen molar-refractivity contribution in [2.45, 2.75) is 6.92 Å². The first kappa shape index (κ1) is 19.4. The van der Waals surface area contributed by atoms with Gasteiger partial charge in [-0.15, -0.1) is 0 Å². The van der Waals surface area contributed by atoms with E-state index in [0.717, 1.165) is 21.8 Å². The average Bonchev–Trinajstić information content (AvgIpc) is 2.92. The number of carbonyl (C=O) groups is 1. The molecule has 0 aromatic heterocycles. The molecule has 0 fully saturated rings. The fourth-order valence-corrected chi connectivity index (χ4v) is 3.82. The lowest BCUT2D eigenvalue weighted by Crippen LogP contribution is -2.12. The highest BCUT2D eigenvalue weighted by Gasteiger charge is 2.33. The molecule has 1 aliphatic rings. The zero-order valence-electron chi connectivity index (χ0n) is 14.3. The van der Waals surface area contributed by atoms with Crippen molar-refractivity contribution < 1.29 is 19.0 Å². The van der Waals surface area contributed by atoms with Gasteiger partial charge in [-0.05, 0) is 55.0 Å². The van der Waals surface area contributed by atoms with Crippen molar-refractivity contribution in [2.75, 3.05) is 6.61 Å². The molecule has 1 N–H and O–H groups in total. The third-order valence-corrected chi connectivity index (χ3v) is 5.09. The number of aliphatic hydroxyl groups excluding tert-OH is 1. The number of esters is 1. The first-order valence-corrected chi connectivity index (χ1v) is 9.69. The maximum Gasteiger partial charge on any atom is 0.344 e. The standard InChI is InChI=1S/C20H15BrFNO3S/c1-2-26-20(25)17-18(24)16(11-12-4-3-5-13(21)10-12)27-19(17)23-15-8-6-14(22)7-9-15/h3-11,24H,2H2,1H3/b16-11-,23-19?. The second kappa shape index (κ2) is 8.54. The molecule has 0 amide bonds. The Bertz CT molecular complexity index is 967. The van der Waals surface area contributed by atoms with Crippen LogP contribution in [0.5, 0.6) is 0 Å². The van der Waals surface area contributed by atoms with E-state index < -0.39 is 5.97 Å². The van der Waals surface area contributed by atoms with E-state index in [0.29, 0.717) is 15.6 Å². The number of hydrogen-bond acceptors (Lipinski definition) is 5. The van der Waals surface area contributed by atoms with Crippen molar-refractivity contribution in [1.82, 2.24) is 0 Å². The summed E-state index contributed by atoms with van der Waals surface area (Å²) in [6.45, 7) is 1.86. The highest BCUT2D eigenvalue weighted by molar-refractivity contribution is 9.10. The number of thioether (sulfide) groups is 1. The lowest BCUT2D eigenvalue weighted by atomic mass is 10.1. The molecule has 138 valence electrons. The number of aliphatic hydroxyl groups is 1. The van der Waals surface area contributed by atoms with Gasteiger partial charge >= 0.3 is 5.97 Å². The van der Waals surface area contributed by atoms with Crippen LogP contribution in [-0.2, 0) is 9.53 Å². The van der Waals surface area contributed by atoms with Crippen LogP contribution in [0.1, 0.15) is 12.5 Å². The highest BCUT2D eigenvalue weighted by Crippen LogP contribution is 2.40. The van der Waals surface area contributed by atoms with Crippen LogP contribution >= 0.6 is 27.7 Å². The minimum Gasteiger partial charge on any atom is -0.506 e. The van der Waals surface area contributed by atoms with Crippen LogP contribution < -0.4 is 0 Å². The normalized spacial score (nSPS) is 17.0. The first-order valence-electron chi connectivity index (χ1n) is 8.08. The number of rotatable bonds is 4. The minimum absolute atomic E-state index is 0.00687. The van der Waals surface area contributed by atoms with E-state index >= 15 is 0 Å². The molecule has 0 saturated carbocycles. The van der Waals surface area contributed by atoms with E-state index in [2.05, 4.69) is 20.9 Å². The summed E-state index contributed by atoms with van der Waals surface area (Å²) in [6.07, 6.45) is 1.76. The molecular formula is C20H15BrFNO3S. The van der Waals surface area contributed by atoms with Crippen molar-refractivity contribution in [3.05, 3.63) is 80.6 Å². The average molecular weight is 448 g/mol. The molecule has 4 nitrogen and oxygen atoms in total. The van der Waals surface area contributed by atoms with Gasteiger partial charge in [-0.2, -0.15) is 0 Å². The molecule has 1 aliphatic heterocycles. The molecule has 0 bridgehead atoms. The lowest BCUT2D eigenvalue weighted by Gasteiger charge is -2.03. The van der Waals surface area contributed by atoms with Gasteiger partial charge in [0.2, 0.25) is 0 Å². The van der Waals surface area contributed by atoms with Gasteiger partial charge in [-0.25, -0.2) is 14.2 Å². The van der Waals surface area contributed by atoms with Gasteiger partial charge in [-0.3, -0.25) is 0 Å². The molecular weight excluding hydrogens is 433 g/mol. The van der Waals surface area contributed by atoms with E-state index in [1.54, 1.807) is 13.0 Å². The van der Waals surface area contributed by atoms with Crippen LogP contribution in [0.3, 0.4) is 0 Å². The largest absolute Gasteiger partial charge is 0.506 e. The zero-order valence-corrected chi connectivity index (χ0v) is 16.7. The van der Waals surface area contributed by atoms with Gasteiger partial charge < -0.3 is 9.84 Å². The molecule has 27 heavy (non-hydrogen) atoms. The fourth-order valence-electron chi connectivity index (χ4n) is 2.37. The third kappa shape index (κ3) is 4.67. The predicted molar refractivity (Wildman–Crippen MR) is 109 cm³/mol. The number of halogens is 2. The van der Waals surface area contributed by atoms with Gasteiger partial charge in [0.25, 0.3) is 0 Å². The number of carbonyl (C=O) groups excluding carboxylic acids is 1. The van der Waals surface area contributed by atoms with Crippen LogP contribution in [0, 0.1) is 5.82 Å².